The highest BCUT2D eigenvalue weighted by Gasteiger charge is 2.11. The Morgan fingerprint density at radius 2 is 2.21 bits per heavy atom. The van der Waals surface area contributed by atoms with Gasteiger partial charge >= 0.3 is 0 Å². The molecule has 2 rings (SSSR count). The molecule has 0 aliphatic heterocycles. The first-order valence-electron chi connectivity index (χ1n) is 6.22. The van der Waals surface area contributed by atoms with Gasteiger partial charge < -0.3 is 15.2 Å². The van der Waals surface area contributed by atoms with Crippen LogP contribution in [0.1, 0.15) is 28.5 Å². The highest BCUT2D eigenvalue weighted by Crippen LogP contribution is 2.17. The number of hydrogen-bond donors (Lipinski definition) is 2. The Balaban J connectivity index is 2.11. The topological polar surface area (TPSA) is 67.2 Å². The van der Waals surface area contributed by atoms with Gasteiger partial charge in [0, 0.05) is 18.3 Å². The van der Waals surface area contributed by atoms with Crippen molar-refractivity contribution in [3.63, 3.8) is 0 Å². The second kappa shape index (κ2) is 6.04. The smallest absolute Gasteiger partial charge is 0.253 e. The van der Waals surface area contributed by atoms with Crippen LogP contribution in [0, 0.1) is 6.92 Å². The van der Waals surface area contributed by atoms with E-state index in [1.54, 1.807) is 6.07 Å². The van der Waals surface area contributed by atoms with E-state index in [0.717, 1.165) is 17.8 Å². The molecule has 0 aliphatic rings. The molecule has 0 spiro atoms. The van der Waals surface area contributed by atoms with Crippen molar-refractivity contribution in [2.45, 2.75) is 20.4 Å². The lowest BCUT2D eigenvalue weighted by Crippen LogP contribution is -2.24. The number of nitrogens with one attached hydrogen (secondary N) is 2. The van der Waals surface area contributed by atoms with E-state index in [9.17, 15) is 4.79 Å². The van der Waals surface area contributed by atoms with Crippen LogP contribution in [-0.4, -0.2) is 17.6 Å². The van der Waals surface area contributed by atoms with Crippen LogP contribution in [0.25, 0.3) is 0 Å². The molecule has 1 amide bonds. The molecule has 1 aromatic carbocycles. The number of aromatic nitrogens is 1. The summed E-state index contributed by atoms with van der Waals surface area (Å²) in [5.41, 5.74) is 3.23. The summed E-state index contributed by atoms with van der Waals surface area (Å²) in [6.07, 6.45) is 1.48. The normalized spacial score (nSPS) is 10.2. The van der Waals surface area contributed by atoms with Crippen LogP contribution in [0.4, 0.5) is 5.69 Å². The van der Waals surface area contributed by atoms with Crippen molar-refractivity contribution in [3.05, 3.63) is 47.3 Å². The Morgan fingerprint density at radius 1 is 1.37 bits per heavy atom. The number of carbonyl (C=O) groups is 1. The average molecular weight is 259 g/mol. The van der Waals surface area contributed by atoms with E-state index in [0.29, 0.717) is 17.8 Å². The summed E-state index contributed by atoms with van der Waals surface area (Å²) < 4.78 is 4.72. The molecule has 5 heteroatoms. The van der Waals surface area contributed by atoms with E-state index in [1.165, 1.54) is 6.26 Å². The van der Waals surface area contributed by atoms with Crippen LogP contribution in [0.2, 0.25) is 0 Å². The summed E-state index contributed by atoms with van der Waals surface area (Å²) in [4.78, 5) is 12.2. The largest absolute Gasteiger partial charge is 0.385 e. The number of benzene rings is 1. The highest BCUT2D eigenvalue weighted by molar-refractivity contribution is 5.99. The molecule has 0 saturated heterocycles. The number of nitrogens with zero attached hydrogens (tertiary/aromatic N) is 1. The van der Waals surface area contributed by atoms with Crippen LogP contribution < -0.4 is 10.6 Å². The SMILES string of the molecule is CCNc1ccc(C)cc1C(=O)NCc1ccon1. The van der Waals surface area contributed by atoms with E-state index < -0.39 is 0 Å². The van der Waals surface area contributed by atoms with Gasteiger partial charge in [-0.15, -0.1) is 0 Å². The maximum Gasteiger partial charge on any atom is 0.253 e. The van der Waals surface area contributed by atoms with E-state index in [1.807, 2.05) is 32.0 Å². The van der Waals surface area contributed by atoms with E-state index >= 15 is 0 Å². The maximum atomic E-state index is 12.2. The summed E-state index contributed by atoms with van der Waals surface area (Å²) in [6.45, 7) is 5.09. The number of aryl methyl sites for hydroxylation is 1. The molecule has 2 aromatic rings. The van der Waals surface area contributed by atoms with Gasteiger partial charge in [-0.25, -0.2) is 0 Å². The molecule has 0 atom stereocenters. The van der Waals surface area contributed by atoms with Crippen molar-refractivity contribution in [1.82, 2.24) is 10.5 Å². The quantitative estimate of drug-likeness (QED) is 0.865. The molecular formula is C14H17N3O2. The van der Waals surface area contributed by atoms with Gasteiger partial charge in [-0.3, -0.25) is 4.79 Å². The van der Waals surface area contributed by atoms with E-state index in [4.69, 9.17) is 4.52 Å². The van der Waals surface area contributed by atoms with E-state index in [2.05, 4.69) is 15.8 Å². The van der Waals surface area contributed by atoms with Gasteiger partial charge in [0.05, 0.1) is 12.1 Å². The summed E-state index contributed by atoms with van der Waals surface area (Å²) in [6, 6.07) is 7.49. The second-order valence-corrected chi connectivity index (χ2v) is 4.25. The lowest BCUT2D eigenvalue weighted by atomic mass is 10.1. The number of anilines is 1. The Bertz CT molecular complexity index is 550. The van der Waals surface area contributed by atoms with Gasteiger partial charge in [0.1, 0.15) is 12.0 Å². The van der Waals surface area contributed by atoms with Gasteiger partial charge in [-0.05, 0) is 26.0 Å². The zero-order chi connectivity index (χ0) is 13.7. The van der Waals surface area contributed by atoms with Crippen molar-refractivity contribution >= 4 is 11.6 Å². The summed E-state index contributed by atoms with van der Waals surface area (Å²) in [7, 11) is 0. The zero-order valence-electron chi connectivity index (χ0n) is 11.1. The summed E-state index contributed by atoms with van der Waals surface area (Å²) >= 11 is 0. The Kier molecular flexibility index (Phi) is 4.18. The Labute approximate surface area is 112 Å². The third-order valence-electron chi connectivity index (χ3n) is 2.71. The number of carbonyl (C=O) groups excluding carboxylic acids is 1. The summed E-state index contributed by atoms with van der Waals surface area (Å²) in [5.74, 6) is -0.123. The molecule has 2 N–H and O–H groups in total. The van der Waals surface area contributed by atoms with Crippen LogP contribution in [0.3, 0.4) is 0 Å². The highest BCUT2D eigenvalue weighted by atomic mass is 16.5. The minimum Gasteiger partial charge on any atom is -0.385 e. The monoisotopic (exact) mass is 259 g/mol. The van der Waals surface area contributed by atoms with Crippen molar-refractivity contribution < 1.29 is 9.32 Å². The first-order valence-corrected chi connectivity index (χ1v) is 6.22. The molecule has 19 heavy (non-hydrogen) atoms. The predicted octanol–water partition coefficient (Wildman–Crippen LogP) is 2.34. The predicted molar refractivity (Wildman–Crippen MR) is 73.0 cm³/mol. The lowest BCUT2D eigenvalue weighted by Gasteiger charge is -2.11. The Hall–Kier alpha value is -2.30. The van der Waals surface area contributed by atoms with Crippen LogP contribution in [0.15, 0.2) is 35.1 Å². The molecular weight excluding hydrogens is 242 g/mol. The van der Waals surface area contributed by atoms with Crippen molar-refractivity contribution in [2.75, 3.05) is 11.9 Å². The molecule has 100 valence electrons. The number of rotatable bonds is 5. The van der Waals surface area contributed by atoms with Crippen LogP contribution >= 0.6 is 0 Å². The third-order valence-corrected chi connectivity index (χ3v) is 2.71. The van der Waals surface area contributed by atoms with Gasteiger partial charge in [-0.2, -0.15) is 0 Å². The number of amides is 1. The second-order valence-electron chi connectivity index (χ2n) is 4.25. The van der Waals surface area contributed by atoms with Crippen LogP contribution in [0.5, 0.6) is 0 Å². The van der Waals surface area contributed by atoms with Gasteiger partial charge in [0.25, 0.3) is 5.91 Å². The van der Waals surface area contributed by atoms with Crippen LogP contribution in [-0.2, 0) is 6.54 Å². The molecule has 0 saturated carbocycles. The fraction of sp³-hybridized carbons (Fsp3) is 0.286. The molecule has 1 aromatic heterocycles. The third kappa shape index (κ3) is 3.34. The molecule has 5 nitrogen and oxygen atoms in total. The van der Waals surface area contributed by atoms with E-state index in [-0.39, 0.29) is 5.91 Å². The van der Waals surface area contributed by atoms with Crippen molar-refractivity contribution in [1.29, 1.82) is 0 Å². The summed E-state index contributed by atoms with van der Waals surface area (Å²) in [5, 5.41) is 9.76. The van der Waals surface area contributed by atoms with Crippen molar-refractivity contribution in [3.8, 4) is 0 Å². The first kappa shape index (κ1) is 13.1. The molecule has 0 radical (unpaired) electrons. The maximum absolute atomic E-state index is 12.2. The number of hydrogen-bond acceptors (Lipinski definition) is 4. The van der Waals surface area contributed by atoms with Gasteiger partial charge in [-0.1, -0.05) is 16.8 Å². The Morgan fingerprint density at radius 3 is 2.89 bits per heavy atom. The zero-order valence-corrected chi connectivity index (χ0v) is 11.1. The average Bonchev–Trinajstić information content (AvgIpc) is 2.91. The molecule has 0 unspecified atom stereocenters. The minimum absolute atomic E-state index is 0.123. The standard InChI is InChI=1S/C14H17N3O2/c1-3-15-13-5-4-10(2)8-12(13)14(18)16-9-11-6-7-19-17-11/h4-8,15H,3,9H2,1-2H3,(H,16,18). The molecule has 0 aliphatic carbocycles. The minimum atomic E-state index is -0.123. The van der Waals surface area contributed by atoms with Gasteiger partial charge in [0.2, 0.25) is 0 Å². The molecule has 0 bridgehead atoms. The molecule has 0 fully saturated rings. The molecule has 1 heterocycles. The van der Waals surface area contributed by atoms with Gasteiger partial charge in [0.15, 0.2) is 0 Å². The fourth-order valence-electron chi connectivity index (χ4n) is 1.79. The first-order chi connectivity index (χ1) is 9.20. The van der Waals surface area contributed by atoms with Crippen molar-refractivity contribution in [2.24, 2.45) is 0 Å². The fourth-order valence-corrected chi connectivity index (χ4v) is 1.79. The lowest BCUT2D eigenvalue weighted by molar-refractivity contribution is 0.0951.